The second-order valence-corrected chi connectivity index (χ2v) is 7.50. The molecule has 2 aromatic heterocycles. The first kappa shape index (κ1) is 19.5. The van der Waals surface area contributed by atoms with Gasteiger partial charge in [-0.15, -0.1) is 0 Å². The molecule has 2 aromatic carbocycles. The molecule has 0 saturated heterocycles. The highest BCUT2D eigenvalue weighted by Gasteiger charge is 2.19. The van der Waals surface area contributed by atoms with Crippen molar-refractivity contribution in [3.05, 3.63) is 89.4 Å². The fraction of sp³-hybridized carbons (Fsp3) is 0.167. The van der Waals surface area contributed by atoms with Crippen molar-refractivity contribution >= 4 is 28.6 Å². The number of benzene rings is 2. The second-order valence-electron chi connectivity index (χ2n) is 7.50. The molecule has 0 aliphatic heterocycles. The monoisotopic (exact) mass is 399 g/mol. The lowest BCUT2D eigenvalue weighted by molar-refractivity contribution is 0.0939. The Morgan fingerprint density at radius 3 is 2.67 bits per heavy atom. The third kappa shape index (κ3) is 3.72. The van der Waals surface area contributed by atoms with Gasteiger partial charge >= 0.3 is 0 Å². The summed E-state index contributed by atoms with van der Waals surface area (Å²) in [7, 11) is 0. The van der Waals surface area contributed by atoms with E-state index in [0.29, 0.717) is 17.1 Å². The summed E-state index contributed by atoms with van der Waals surface area (Å²) in [5.41, 5.74) is 12.0. The molecule has 0 spiro atoms. The Kier molecular flexibility index (Phi) is 5.14. The van der Waals surface area contributed by atoms with Crippen molar-refractivity contribution in [2.24, 2.45) is 0 Å². The molecule has 0 bridgehead atoms. The Balaban J connectivity index is 1.66. The number of carbonyl (C=O) groups excluding carboxylic acids is 1. The summed E-state index contributed by atoms with van der Waals surface area (Å²) in [4.78, 5) is 17.5. The Bertz CT molecular complexity index is 1210. The van der Waals surface area contributed by atoms with Gasteiger partial charge in [-0.25, -0.2) is 4.98 Å². The standard InChI is InChI=1S/C24H25N5O/c1-15-9-10-19(25)13-21(15)28-23-22-16(2)20(14-29(22)12-11-26-23)24(30)27-17(3)18-7-5-4-6-8-18/h4-14,17H,25H2,1-3H3,(H,26,28)(H,27,30)/t17-/m0/s1. The van der Waals surface area contributed by atoms with Crippen LogP contribution in [0.25, 0.3) is 5.52 Å². The van der Waals surface area contributed by atoms with Crippen LogP contribution in [0, 0.1) is 13.8 Å². The molecule has 0 unspecified atom stereocenters. The number of rotatable bonds is 5. The SMILES string of the molecule is Cc1ccc(N)cc1Nc1nccn2cc(C(=O)N[C@@H](C)c3ccccc3)c(C)c12. The smallest absolute Gasteiger partial charge is 0.253 e. The van der Waals surface area contributed by atoms with Crippen LogP contribution in [0.5, 0.6) is 0 Å². The number of nitrogen functional groups attached to an aromatic ring is 1. The van der Waals surface area contributed by atoms with Crippen LogP contribution in [0.15, 0.2) is 67.1 Å². The molecule has 30 heavy (non-hydrogen) atoms. The Morgan fingerprint density at radius 1 is 1.13 bits per heavy atom. The summed E-state index contributed by atoms with van der Waals surface area (Å²) < 4.78 is 1.92. The van der Waals surface area contributed by atoms with Gasteiger partial charge in [0.2, 0.25) is 0 Å². The number of amides is 1. The largest absolute Gasteiger partial charge is 0.399 e. The number of nitrogens with zero attached hydrogens (tertiary/aromatic N) is 2. The molecule has 0 saturated carbocycles. The zero-order valence-electron chi connectivity index (χ0n) is 17.3. The summed E-state index contributed by atoms with van der Waals surface area (Å²) in [5, 5.41) is 6.46. The quantitative estimate of drug-likeness (QED) is 0.422. The van der Waals surface area contributed by atoms with Crippen LogP contribution in [-0.2, 0) is 0 Å². The molecule has 4 rings (SSSR count). The number of carbonyl (C=O) groups is 1. The number of anilines is 3. The van der Waals surface area contributed by atoms with Crippen molar-refractivity contribution in [1.29, 1.82) is 0 Å². The highest BCUT2D eigenvalue weighted by molar-refractivity contribution is 5.99. The first-order valence-corrected chi connectivity index (χ1v) is 9.89. The van der Waals surface area contributed by atoms with Crippen molar-refractivity contribution in [3.63, 3.8) is 0 Å². The number of hydrogen-bond donors (Lipinski definition) is 3. The van der Waals surface area contributed by atoms with Crippen LogP contribution < -0.4 is 16.4 Å². The van der Waals surface area contributed by atoms with E-state index in [9.17, 15) is 4.79 Å². The first-order chi connectivity index (χ1) is 14.4. The minimum Gasteiger partial charge on any atom is -0.399 e. The molecule has 6 nitrogen and oxygen atoms in total. The molecular weight excluding hydrogens is 374 g/mol. The summed E-state index contributed by atoms with van der Waals surface area (Å²) in [6.07, 6.45) is 5.40. The molecule has 4 aromatic rings. The molecule has 1 atom stereocenters. The van der Waals surface area contributed by atoms with E-state index in [1.807, 2.05) is 86.1 Å². The van der Waals surface area contributed by atoms with Gasteiger partial charge < -0.3 is 20.8 Å². The maximum Gasteiger partial charge on any atom is 0.253 e. The van der Waals surface area contributed by atoms with Gasteiger partial charge in [0.25, 0.3) is 5.91 Å². The Morgan fingerprint density at radius 2 is 1.90 bits per heavy atom. The van der Waals surface area contributed by atoms with Crippen LogP contribution in [0.3, 0.4) is 0 Å². The van der Waals surface area contributed by atoms with Crippen LogP contribution in [0.4, 0.5) is 17.2 Å². The van der Waals surface area contributed by atoms with Crippen LogP contribution in [0.1, 0.15) is 40.0 Å². The van der Waals surface area contributed by atoms with E-state index in [2.05, 4.69) is 15.6 Å². The first-order valence-electron chi connectivity index (χ1n) is 9.89. The van der Waals surface area contributed by atoms with Crippen LogP contribution in [0.2, 0.25) is 0 Å². The normalized spacial score (nSPS) is 12.0. The fourth-order valence-electron chi connectivity index (χ4n) is 3.60. The molecule has 0 aliphatic carbocycles. The molecular formula is C24H25N5O. The van der Waals surface area contributed by atoms with Crippen molar-refractivity contribution in [3.8, 4) is 0 Å². The minimum atomic E-state index is -0.112. The lowest BCUT2D eigenvalue weighted by atomic mass is 10.1. The molecule has 2 heterocycles. The van der Waals surface area contributed by atoms with E-state index in [0.717, 1.165) is 27.9 Å². The summed E-state index contributed by atoms with van der Waals surface area (Å²) in [6.45, 7) is 5.93. The summed E-state index contributed by atoms with van der Waals surface area (Å²) in [6, 6.07) is 15.5. The van der Waals surface area contributed by atoms with Crippen molar-refractivity contribution < 1.29 is 4.79 Å². The van der Waals surface area contributed by atoms with Gasteiger partial charge in [0.15, 0.2) is 5.82 Å². The number of aromatic nitrogens is 2. The van der Waals surface area contributed by atoms with Gasteiger partial charge in [0.05, 0.1) is 17.1 Å². The van der Waals surface area contributed by atoms with Gasteiger partial charge in [-0.2, -0.15) is 0 Å². The van der Waals surface area contributed by atoms with Gasteiger partial charge in [-0.1, -0.05) is 36.4 Å². The Labute approximate surface area is 175 Å². The third-order valence-electron chi connectivity index (χ3n) is 5.35. The molecule has 152 valence electrons. The van der Waals surface area contributed by atoms with E-state index >= 15 is 0 Å². The van der Waals surface area contributed by atoms with Gasteiger partial charge in [-0.05, 0) is 49.6 Å². The second kappa shape index (κ2) is 7.91. The predicted molar refractivity (Wildman–Crippen MR) is 121 cm³/mol. The van der Waals surface area contributed by atoms with Crippen LogP contribution in [-0.4, -0.2) is 15.3 Å². The van der Waals surface area contributed by atoms with E-state index in [1.54, 1.807) is 6.20 Å². The van der Waals surface area contributed by atoms with E-state index < -0.39 is 0 Å². The van der Waals surface area contributed by atoms with Crippen molar-refractivity contribution in [2.45, 2.75) is 26.8 Å². The zero-order chi connectivity index (χ0) is 21.3. The maximum absolute atomic E-state index is 13.0. The van der Waals surface area contributed by atoms with Crippen molar-refractivity contribution in [1.82, 2.24) is 14.7 Å². The number of hydrogen-bond acceptors (Lipinski definition) is 4. The molecule has 6 heteroatoms. The molecule has 0 radical (unpaired) electrons. The lowest BCUT2D eigenvalue weighted by Gasteiger charge is -2.14. The van der Waals surface area contributed by atoms with Crippen LogP contribution >= 0.6 is 0 Å². The van der Waals surface area contributed by atoms with Gasteiger partial charge in [-0.3, -0.25) is 4.79 Å². The van der Waals surface area contributed by atoms with Gasteiger partial charge in [0.1, 0.15) is 0 Å². The zero-order valence-corrected chi connectivity index (χ0v) is 17.3. The molecule has 1 amide bonds. The summed E-state index contributed by atoms with van der Waals surface area (Å²) in [5.74, 6) is 0.567. The maximum atomic E-state index is 13.0. The number of fused-ring (bicyclic) bond motifs is 1. The average Bonchev–Trinajstić information content (AvgIpc) is 3.09. The summed E-state index contributed by atoms with van der Waals surface area (Å²) >= 11 is 0. The van der Waals surface area contributed by atoms with Gasteiger partial charge in [0, 0.05) is 30.0 Å². The van der Waals surface area contributed by atoms with E-state index in [1.165, 1.54) is 0 Å². The number of nitrogens with two attached hydrogens (primary N) is 1. The highest BCUT2D eigenvalue weighted by Crippen LogP contribution is 2.28. The number of aryl methyl sites for hydroxylation is 2. The Hall–Kier alpha value is -3.80. The highest BCUT2D eigenvalue weighted by atomic mass is 16.1. The number of nitrogens with one attached hydrogen (secondary N) is 2. The van der Waals surface area contributed by atoms with E-state index in [-0.39, 0.29) is 11.9 Å². The van der Waals surface area contributed by atoms with E-state index in [4.69, 9.17) is 5.73 Å². The lowest BCUT2D eigenvalue weighted by Crippen LogP contribution is -2.26. The molecule has 0 aliphatic rings. The fourth-order valence-corrected chi connectivity index (χ4v) is 3.60. The topological polar surface area (TPSA) is 84.4 Å². The average molecular weight is 399 g/mol. The molecule has 4 N–H and O–H groups in total. The minimum absolute atomic E-state index is 0.0909. The van der Waals surface area contributed by atoms with Crippen molar-refractivity contribution in [2.75, 3.05) is 11.1 Å². The molecule has 0 fully saturated rings. The predicted octanol–water partition coefficient (Wildman–Crippen LogP) is 4.77. The third-order valence-corrected chi connectivity index (χ3v) is 5.35.